The van der Waals surface area contributed by atoms with Crippen LogP contribution in [0, 0.1) is 9.39 Å². The molecule has 0 spiro atoms. The van der Waals surface area contributed by atoms with E-state index >= 15 is 0 Å². The van der Waals surface area contributed by atoms with Crippen LogP contribution in [-0.2, 0) is 20.0 Å². The van der Waals surface area contributed by atoms with Gasteiger partial charge in [0, 0.05) is 0 Å². The highest BCUT2D eigenvalue weighted by Gasteiger charge is 2.36. The summed E-state index contributed by atoms with van der Waals surface area (Å²) in [5.41, 5.74) is 0. The van der Waals surface area contributed by atoms with Crippen molar-refractivity contribution in [2.75, 3.05) is 15.2 Å². The SMILES string of the molecule is CCCS(=O)(=O)N(c1ncc(F)c(I)c1Cl)S(=O)(=O)CCC. The lowest BCUT2D eigenvalue weighted by Gasteiger charge is -2.23. The van der Waals surface area contributed by atoms with E-state index in [0.717, 1.165) is 6.20 Å². The van der Waals surface area contributed by atoms with Crippen molar-refractivity contribution in [3.05, 3.63) is 20.6 Å². The summed E-state index contributed by atoms with van der Waals surface area (Å²) in [5.74, 6) is -2.02. The molecule has 0 aliphatic rings. The number of rotatable bonds is 7. The summed E-state index contributed by atoms with van der Waals surface area (Å²) in [6, 6.07) is 0. The van der Waals surface area contributed by atoms with Gasteiger partial charge in [0.05, 0.1) is 21.3 Å². The number of pyridine rings is 1. The predicted molar refractivity (Wildman–Crippen MR) is 92.6 cm³/mol. The first-order valence-corrected chi connectivity index (χ1v) is 11.0. The van der Waals surface area contributed by atoms with E-state index in [9.17, 15) is 21.2 Å². The molecule has 1 aromatic heterocycles. The summed E-state index contributed by atoms with van der Waals surface area (Å²) >= 11 is 7.49. The van der Waals surface area contributed by atoms with Crippen molar-refractivity contribution < 1.29 is 21.2 Å². The summed E-state index contributed by atoms with van der Waals surface area (Å²) in [6.45, 7) is 3.21. The molecule has 1 heterocycles. The van der Waals surface area contributed by atoms with Crippen molar-refractivity contribution >= 4 is 60.1 Å². The second-order valence-corrected chi connectivity index (χ2v) is 9.95. The van der Waals surface area contributed by atoms with E-state index in [-0.39, 0.29) is 36.7 Å². The Morgan fingerprint density at radius 1 is 1.18 bits per heavy atom. The lowest BCUT2D eigenvalue weighted by molar-refractivity contribution is 0.581. The number of halogens is 3. The van der Waals surface area contributed by atoms with E-state index in [2.05, 4.69) is 4.98 Å². The van der Waals surface area contributed by atoms with Gasteiger partial charge in [-0.25, -0.2) is 26.2 Å². The minimum absolute atomic E-state index is 0.0901. The normalized spacial score (nSPS) is 12.4. The Hall–Kier alpha value is -0.200. The highest BCUT2D eigenvalue weighted by atomic mass is 127. The standard InChI is InChI=1S/C11H15ClFIN2O4S2/c1-3-5-21(17,18)16(22(19,20)6-4-2)11-9(12)10(14)8(13)7-15-11/h7H,3-6H2,1-2H3. The molecule has 0 unspecified atom stereocenters. The molecule has 0 radical (unpaired) electrons. The molecule has 0 saturated heterocycles. The molecule has 126 valence electrons. The van der Waals surface area contributed by atoms with E-state index in [0.29, 0.717) is 0 Å². The first-order valence-electron chi connectivity index (χ1n) is 6.33. The number of hydrogen-bond donors (Lipinski definition) is 0. The fourth-order valence-corrected chi connectivity index (χ4v) is 6.38. The molecule has 0 amide bonds. The highest BCUT2D eigenvalue weighted by molar-refractivity contribution is 14.1. The summed E-state index contributed by atoms with van der Waals surface area (Å²) < 4.78 is 63.0. The molecule has 0 bridgehead atoms. The largest absolute Gasteiger partial charge is 0.249 e. The van der Waals surface area contributed by atoms with Crippen LogP contribution in [0.5, 0.6) is 0 Å². The van der Waals surface area contributed by atoms with E-state index in [1.807, 2.05) is 0 Å². The Morgan fingerprint density at radius 2 is 1.64 bits per heavy atom. The summed E-state index contributed by atoms with van der Waals surface area (Å²) in [7, 11) is -8.37. The maximum Gasteiger partial charge on any atom is 0.249 e. The average Bonchev–Trinajstić information content (AvgIpc) is 2.38. The van der Waals surface area contributed by atoms with E-state index in [1.165, 1.54) is 0 Å². The van der Waals surface area contributed by atoms with E-state index in [1.54, 1.807) is 36.4 Å². The molecule has 0 fully saturated rings. The van der Waals surface area contributed by atoms with Crippen molar-refractivity contribution in [1.29, 1.82) is 0 Å². The number of sulfonamides is 2. The molecule has 1 rings (SSSR count). The lowest BCUT2D eigenvalue weighted by atomic mass is 10.4. The number of hydrogen-bond acceptors (Lipinski definition) is 5. The van der Waals surface area contributed by atoms with Crippen LogP contribution in [0.25, 0.3) is 0 Å². The monoisotopic (exact) mass is 484 g/mol. The lowest BCUT2D eigenvalue weighted by Crippen LogP contribution is -2.40. The van der Waals surface area contributed by atoms with Crippen LogP contribution in [0.2, 0.25) is 5.02 Å². The second kappa shape index (κ2) is 7.58. The van der Waals surface area contributed by atoms with Gasteiger partial charge in [0.2, 0.25) is 20.0 Å². The van der Waals surface area contributed by atoms with Crippen molar-refractivity contribution in [3.8, 4) is 0 Å². The second-order valence-electron chi connectivity index (χ2n) is 4.39. The molecular weight excluding hydrogens is 470 g/mol. The van der Waals surface area contributed by atoms with Gasteiger partial charge < -0.3 is 0 Å². The number of anilines is 1. The first kappa shape index (κ1) is 19.8. The zero-order chi connectivity index (χ0) is 17.1. The van der Waals surface area contributed by atoms with Crippen molar-refractivity contribution in [2.45, 2.75) is 26.7 Å². The van der Waals surface area contributed by atoms with E-state index in [4.69, 9.17) is 11.6 Å². The molecular formula is C11H15ClFIN2O4S2. The smallest absolute Gasteiger partial charge is 0.233 e. The third-order valence-corrected chi connectivity index (χ3v) is 8.80. The number of nitrogens with zero attached hydrogens (tertiary/aromatic N) is 2. The molecule has 11 heteroatoms. The van der Waals surface area contributed by atoms with Gasteiger partial charge in [-0.05, 0) is 35.4 Å². The molecule has 0 N–H and O–H groups in total. The molecule has 1 aromatic rings. The van der Waals surface area contributed by atoms with E-state index < -0.39 is 31.7 Å². The number of aromatic nitrogens is 1. The van der Waals surface area contributed by atoms with Crippen molar-refractivity contribution in [1.82, 2.24) is 4.98 Å². The zero-order valence-electron chi connectivity index (χ0n) is 11.9. The fourth-order valence-electron chi connectivity index (χ4n) is 1.68. The van der Waals surface area contributed by atoms with Crippen LogP contribution in [0.3, 0.4) is 0 Å². The summed E-state index contributed by atoms with van der Waals surface area (Å²) in [4.78, 5) is 3.59. The third-order valence-electron chi connectivity index (χ3n) is 2.50. The van der Waals surface area contributed by atoms with Gasteiger partial charge in [-0.1, -0.05) is 25.4 Å². The Bertz CT molecular complexity index is 720. The molecule has 0 atom stereocenters. The van der Waals surface area contributed by atoms with Gasteiger partial charge in [0.25, 0.3) is 0 Å². The molecule has 6 nitrogen and oxygen atoms in total. The average molecular weight is 485 g/mol. The van der Waals surface area contributed by atoms with Gasteiger partial charge in [0.1, 0.15) is 5.02 Å². The van der Waals surface area contributed by atoms with Gasteiger partial charge >= 0.3 is 0 Å². The predicted octanol–water partition coefficient (Wildman–Crippen LogP) is 2.76. The Balaban J connectivity index is 3.64. The van der Waals surface area contributed by atoms with Crippen LogP contribution in [-0.4, -0.2) is 33.3 Å². The third kappa shape index (κ3) is 4.20. The quantitative estimate of drug-likeness (QED) is 0.556. The molecule has 0 aliphatic carbocycles. The summed E-state index contributed by atoms with van der Waals surface area (Å²) in [6.07, 6.45) is 1.19. The van der Waals surface area contributed by atoms with Crippen LogP contribution in [0.4, 0.5) is 10.2 Å². The van der Waals surface area contributed by atoms with Gasteiger partial charge in [0.15, 0.2) is 11.6 Å². The Kier molecular flexibility index (Phi) is 6.84. The van der Waals surface area contributed by atoms with Gasteiger partial charge in [-0.15, -0.1) is 3.71 Å². The maximum absolute atomic E-state index is 13.4. The van der Waals surface area contributed by atoms with Gasteiger partial charge in [-0.2, -0.15) is 0 Å². The van der Waals surface area contributed by atoms with Crippen LogP contribution in [0.15, 0.2) is 6.20 Å². The fraction of sp³-hybridized carbons (Fsp3) is 0.545. The van der Waals surface area contributed by atoms with Crippen LogP contribution in [0.1, 0.15) is 26.7 Å². The zero-order valence-corrected chi connectivity index (χ0v) is 16.4. The van der Waals surface area contributed by atoms with Crippen molar-refractivity contribution in [3.63, 3.8) is 0 Å². The Labute approximate surface area is 148 Å². The Morgan fingerprint density at radius 3 is 2.05 bits per heavy atom. The molecule has 0 aromatic carbocycles. The highest BCUT2D eigenvalue weighted by Crippen LogP contribution is 2.33. The minimum Gasteiger partial charge on any atom is -0.233 e. The maximum atomic E-state index is 13.4. The van der Waals surface area contributed by atoms with Crippen LogP contribution >= 0.6 is 34.2 Å². The molecule has 0 saturated carbocycles. The first-order chi connectivity index (χ1) is 10.1. The molecule has 0 aliphatic heterocycles. The van der Waals surface area contributed by atoms with Gasteiger partial charge in [-0.3, -0.25) is 0 Å². The molecule has 22 heavy (non-hydrogen) atoms. The van der Waals surface area contributed by atoms with Crippen LogP contribution < -0.4 is 3.71 Å². The topological polar surface area (TPSA) is 84.4 Å². The summed E-state index contributed by atoms with van der Waals surface area (Å²) in [5, 5.41) is -0.347. The minimum atomic E-state index is -4.18. The van der Waals surface area contributed by atoms with Crippen molar-refractivity contribution in [2.24, 2.45) is 0 Å².